The maximum Gasteiger partial charge on any atom is 0.143 e. The molecule has 4 rings (SSSR count). The molecule has 3 nitrogen and oxygen atoms in total. The van der Waals surface area contributed by atoms with Gasteiger partial charge in [-0.05, 0) is 23.3 Å². The molecule has 0 saturated carbocycles. The first kappa shape index (κ1) is 14.7. The fourth-order valence-corrected chi connectivity index (χ4v) is 3.02. The van der Waals surface area contributed by atoms with Gasteiger partial charge in [-0.15, -0.1) is 0 Å². The van der Waals surface area contributed by atoms with Gasteiger partial charge in [-0.1, -0.05) is 72.8 Å². The highest BCUT2D eigenvalue weighted by Gasteiger charge is 2.19. The van der Waals surface area contributed by atoms with E-state index in [9.17, 15) is 5.11 Å². The van der Waals surface area contributed by atoms with Crippen LogP contribution < -0.4 is 0 Å². The maximum atomic E-state index is 10.9. The molecule has 0 spiro atoms. The van der Waals surface area contributed by atoms with E-state index in [-0.39, 0.29) is 0 Å². The van der Waals surface area contributed by atoms with E-state index < -0.39 is 6.10 Å². The Morgan fingerprint density at radius 2 is 1.42 bits per heavy atom. The zero-order valence-corrected chi connectivity index (χ0v) is 13.2. The van der Waals surface area contributed by atoms with Crippen molar-refractivity contribution < 1.29 is 5.11 Å². The predicted molar refractivity (Wildman–Crippen MR) is 95.8 cm³/mol. The van der Waals surface area contributed by atoms with Crippen LogP contribution in [0.4, 0.5) is 0 Å². The second-order valence-corrected chi connectivity index (χ2v) is 5.84. The molecule has 0 amide bonds. The van der Waals surface area contributed by atoms with Gasteiger partial charge in [0.05, 0.1) is 11.0 Å². The van der Waals surface area contributed by atoms with Crippen LogP contribution in [0.25, 0.3) is 11.0 Å². The molecule has 24 heavy (non-hydrogen) atoms. The zero-order chi connectivity index (χ0) is 16.4. The van der Waals surface area contributed by atoms with Crippen molar-refractivity contribution in [2.45, 2.75) is 12.6 Å². The maximum absolute atomic E-state index is 10.9. The summed E-state index contributed by atoms with van der Waals surface area (Å²) in [6, 6.07) is 27.9. The standard InChI is InChI=1S/C21H18N2O/c24-20(17-11-5-2-6-12-17)21-22-18-13-7-8-14-19(18)23(21)15-16-9-3-1-4-10-16/h1-14,20,24H,15H2. The first-order valence-corrected chi connectivity index (χ1v) is 8.05. The number of benzene rings is 3. The molecule has 1 N–H and O–H groups in total. The molecule has 0 saturated heterocycles. The molecule has 0 radical (unpaired) electrons. The molecule has 3 heteroatoms. The number of aromatic nitrogens is 2. The molecule has 0 fully saturated rings. The third kappa shape index (κ3) is 2.70. The van der Waals surface area contributed by atoms with E-state index in [0.29, 0.717) is 12.4 Å². The van der Waals surface area contributed by atoms with Gasteiger partial charge in [0.2, 0.25) is 0 Å². The summed E-state index contributed by atoms with van der Waals surface area (Å²) in [5.74, 6) is 0.672. The fraction of sp³-hybridized carbons (Fsp3) is 0.0952. The van der Waals surface area contributed by atoms with Crippen molar-refractivity contribution in [1.82, 2.24) is 9.55 Å². The van der Waals surface area contributed by atoms with Crippen LogP contribution in [0.3, 0.4) is 0 Å². The van der Waals surface area contributed by atoms with Crippen molar-refractivity contribution >= 4 is 11.0 Å². The molecule has 1 atom stereocenters. The quantitative estimate of drug-likeness (QED) is 0.614. The molecule has 1 heterocycles. The van der Waals surface area contributed by atoms with E-state index in [0.717, 1.165) is 16.6 Å². The summed E-state index contributed by atoms with van der Waals surface area (Å²) in [6.45, 7) is 0.681. The monoisotopic (exact) mass is 314 g/mol. The lowest BCUT2D eigenvalue weighted by Gasteiger charge is -2.14. The first-order chi connectivity index (χ1) is 11.8. The second-order valence-electron chi connectivity index (χ2n) is 5.84. The highest BCUT2D eigenvalue weighted by atomic mass is 16.3. The normalized spacial score (nSPS) is 12.4. The van der Waals surface area contributed by atoms with Gasteiger partial charge in [-0.3, -0.25) is 0 Å². The fourth-order valence-electron chi connectivity index (χ4n) is 3.02. The molecule has 3 aromatic carbocycles. The highest BCUT2D eigenvalue weighted by Crippen LogP contribution is 2.26. The van der Waals surface area contributed by atoms with Gasteiger partial charge in [0.1, 0.15) is 11.9 Å². The van der Waals surface area contributed by atoms with Gasteiger partial charge in [-0.2, -0.15) is 0 Å². The average Bonchev–Trinajstić information content (AvgIpc) is 3.01. The lowest BCUT2D eigenvalue weighted by atomic mass is 10.1. The number of aliphatic hydroxyl groups is 1. The van der Waals surface area contributed by atoms with E-state index in [4.69, 9.17) is 4.98 Å². The third-order valence-electron chi connectivity index (χ3n) is 4.23. The number of rotatable bonds is 4. The van der Waals surface area contributed by atoms with Gasteiger partial charge >= 0.3 is 0 Å². The highest BCUT2D eigenvalue weighted by molar-refractivity contribution is 5.76. The summed E-state index contributed by atoms with van der Waals surface area (Å²) in [4.78, 5) is 4.70. The topological polar surface area (TPSA) is 38.1 Å². The van der Waals surface area contributed by atoms with Crippen LogP contribution >= 0.6 is 0 Å². The van der Waals surface area contributed by atoms with Crippen LogP contribution in [0, 0.1) is 0 Å². The predicted octanol–water partition coefficient (Wildman–Crippen LogP) is 4.17. The van der Waals surface area contributed by atoms with E-state index >= 15 is 0 Å². The number of imidazole rings is 1. The molecule has 0 aliphatic heterocycles. The van der Waals surface area contributed by atoms with Crippen molar-refractivity contribution in [3.63, 3.8) is 0 Å². The minimum Gasteiger partial charge on any atom is -0.380 e. The largest absolute Gasteiger partial charge is 0.380 e. The third-order valence-corrected chi connectivity index (χ3v) is 4.23. The van der Waals surface area contributed by atoms with Crippen LogP contribution in [-0.4, -0.2) is 14.7 Å². The Bertz CT molecular complexity index is 945. The molecule has 1 unspecified atom stereocenters. The Hall–Kier alpha value is -2.91. The van der Waals surface area contributed by atoms with Crippen molar-refractivity contribution in [2.75, 3.05) is 0 Å². The molecular formula is C21H18N2O. The Labute approximate surface area is 140 Å². The van der Waals surface area contributed by atoms with Crippen molar-refractivity contribution in [1.29, 1.82) is 0 Å². The molecule has 4 aromatic rings. The van der Waals surface area contributed by atoms with Crippen LogP contribution in [0.1, 0.15) is 23.1 Å². The summed E-state index contributed by atoms with van der Waals surface area (Å²) in [5.41, 5.74) is 3.97. The van der Waals surface area contributed by atoms with E-state index in [1.54, 1.807) is 0 Å². The number of hydrogen-bond acceptors (Lipinski definition) is 2. The summed E-state index contributed by atoms with van der Waals surface area (Å²) in [6.07, 6.45) is -0.748. The van der Waals surface area contributed by atoms with Gasteiger partial charge < -0.3 is 9.67 Å². The van der Waals surface area contributed by atoms with Gasteiger partial charge in [0.25, 0.3) is 0 Å². The molecule has 0 aliphatic rings. The average molecular weight is 314 g/mol. The lowest BCUT2D eigenvalue weighted by molar-refractivity contribution is 0.206. The number of hydrogen-bond donors (Lipinski definition) is 1. The lowest BCUT2D eigenvalue weighted by Crippen LogP contribution is -2.11. The first-order valence-electron chi connectivity index (χ1n) is 8.05. The van der Waals surface area contributed by atoms with Crippen molar-refractivity contribution in [3.05, 3.63) is 102 Å². The molecule has 1 aromatic heterocycles. The van der Waals surface area contributed by atoms with Crippen molar-refractivity contribution in [2.24, 2.45) is 0 Å². The van der Waals surface area contributed by atoms with E-state index in [1.807, 2.05) is 72.8 Å². The van der Waals surface area contributed by atoms with E-state index in [2.05, 4.69) is 16.7 Å². The zero-order valence-electron chi connectivity index (χ0n) is 13.2. The van der Waals surface area contributed by atoms with Gasteiger partial charge in [-0.25, -0.2) is 4.98 Å². The number of nitrogens with zero attached hydrogens (tertiary/aromatic N) is 2. The number of para-hydroxylation sites is 2. The molecular weight excluding hydrogens is 296 g/mol. The van der Waals surface area contributed by atoms with Crippen LogP contribution in [0.5, 0.6) is 0 Å². The van der Waals surface area contributed by atoms with Gasteiger partial charge in [0, 0.05) is 6.54 Å². The van der Waals surface area contributed by atoms with Crippen LogP contribution in [0.15, 0.2) is 84.9 Å². The Morgan fingerprint density at radius 3 is 2.17 bits per heavy atom. The summed E-state index contributed by atoms with van der Waals surface area (Å²) < 4.78 is 2.10. The number of aliphatic hydroxyl groups excluding tert-OH is 1. The number of fused-ring (bicyclic) bond motifs is 1. The summed E-state index contributed by atoms with van der Waals surface area (Å²) in [5, 5.41) is 10.9. The molecule has 0 bridgehead atoms. The molecule has 118 valence electrons. The minimum absolute atomic E-state index is 0.672. The SMILES string of the molecule is OC(c1ccccc1)c1nc2ccccc2n1Cc1ccccc1. The van der Waals surface area contributed by atoms with Crippen LogP contribution in [0.2, 0.25) is 0 Å². The molecule has 0 aliphatic carbocycles. The van der Waals surface area contributed by atoms with Crippen molar-refractivity contribution in [3.8, 4) is 0 Å². The van der Waals surface area contributed by atoms with E-state index in [1.165, 1.54) is 5.56 Å². The smallest absolute Gasteiger partial charge is 0.143 e. The Morgan fingerprint density at radius 1 is 0.792 bits per heavy atom. The summed E-state index contributed by atoms with van der Waals surface area (Å²) in [7, 11) is 0. The minimum atomic E-state index is -0.748. The Kier molecular flexibility index (Phi) is 3.85. The second kappa shape index (κ2) is 6.30. The van der Waals surface area contributed by atoms with Gasteiger partial charge in [0.15, 0.2) is 0 Å². The van der Waals surface area contributed by atoms with Crippen LogP contribution in [-0.2, 0) is 6.54 Å². The Balaban J connectivity index is 1.84. The summed E-state index contributed by atoms with van der Waals surface area (Å²) >= 11 is 0.